The fraction of sp³-hybridized carbons (Fsp3) is 0.562. The molecule has 1 saturated carbocycles. The van der Waals surface area contributed by atoms with E-state index in [1.807, 2.05) is 25.1 Å². The number of rotatable bonds is 3. The molecule has 0 spiro atoms. The maximum absolute atomic E-state index is 12.5. The van der Waals surface area contributed by atoms with E-state index in [0.717, 1.165) is 16.6 Å². The molecule has 4 atom stereocenters. The van der Waals surface area contributed by atoms with Crippen molar-refractivity contribution in [1.29, 1.82) is 0 Å². The van der Waals surface area contributed by atoms with Gasteiger partial charge in [0, 0.05) is 4.47 Å². The highest BCUT2D eigenvalue weighted by atomic mass is 79.9. The summed E-state index contributed by atoms with van der Waals surface area (Å²) in [5.41, 5.74) is 1.13. The first kappa shape index (κ1) is 14.1. The standard InChI is InChI=1S/C16H21BrN2O/c1-10(12-6-2-3-8-14(12)17)19-16(20)15-13-7-4-5-11(13)9-18-15/h2-3,6,8,10-11,13,15,18H,4-5,7,9H2,1H3,(H,19,20)/t10-,11?,13?,15?/m1/s1. The highest BCUT2D eigenvalue weighted by Crippen LogP contribution is 2.38. The minimum atomic E-state index is 0.00689. The van der Waals surface area contributed by atoms with Gasteiger partial charge in [-0.15, -0.1) is 0 Å². The van der Waals surface area contributed by atoms with Gasteiger partial charge in [0.1, 0.15) is 0 Å². The molecule has 3 unspecified atom stereocenters. The van der Waals surface area contributed by atoms with Crippen LogP contribution in [0, 0.1) is 11.8 Å². The molecule has 20 heavy (non-hydrogen) atoms. The van der Waals surface area contributed by atoms with Crippen molar-refractivity contribution >= 4 is 21.8 Å². The summed E-state index contributed by atoms with van der Waals surface area (Å²) in [6, 6.07) is 8.09. The molecule has 1 heterocycles. The average Bonchev–Trinajstić information content (AvgIpc) is 3.00. The van der Waals surface area contributed by atoms with Gasteiger partial charge in [-0.1, -0.05) is 40.5 Å². The first-order chi connectivity index (χ1) is 9.66. The molecule has 1 amide bonds. The quantitative estimate of drug-likeness (QED) is 0.890. The van der Waals surface area contributed by atoms with E-state index < -0.39 is 0 Å². The molecule has 108 valence electrons. The molecular formula is C16H21BrN2O. The van der Waals surface area contributed by atoms with Crippen LogP contribution < -0.4 is 10.6 Å². The Balaban J connectivity index is 1.66. The van der Waals surface area contributed by atoms with Crippen molar-refractivity contribution in [2.75, 3.05) is 6.54 Å². The van der Waals surface area contributed by atoms with Crippen LogP contribution in [0.15, 0.2) is 28.7 Å². The summed E-state index contributed by atoms with van der Waals surface area (Å²) < 4.78 is 1.05. The Bertz CT molecular complexity index is 505. The maximum atomic E-state index is 12.5. The number of hydrogen-bond acceptors (Lipinski definition) is 2. The number of carbonyl (C=O) groups is 1. The van der Waals surface area contributed by atoms with E-state index in [1.54, 1.807) is 0 Å². The van der Waals surface area contributed by atoms with Crippen LogP contribution in [-0.2, 0) is 4.79 Å². The van der Waals surface area contributed by atoms with Gasteiger partial charge in [0.25, 0.3) is 0 Å². The van der Waals surface area contributed by atoms with Crippen LogP contribution in [0.3, 0.4) is 0 Å². The summed E-state index contributed by atoms with van der Waals surface area (Å²) in [5.74, 6) is 1.41. The van der Waals surface area contributed by atoms with Gasteiger partial charge >= 0.3 is 0 Å². The number of carbonyl (C=O) groups excluding carboxylic acids is 1. The molecule has 0 aromatic heterocycles. The second kappa shape index (κ2) is 5.86. The van der Waals surface area contributed by atoms with E-state index in [1.165, 1.54) is 19.3 Å². The van der Waals surface area contributed by atoms with Gasteiger partial charge in [-0.3, -0.25) is 4.79 Å². The Morgan fingerprint density at radius 3 is 3.00 bits per heavy atom. The Kier molecular flexibility index (Phi) is 4.13. The highest BCUT2D eigenvalue weighted by molar-refractivity contribution is 9.10. The van der Waals surface area contributed by atoms with Crippen LogP contribution in [0.1, 0.15) is 37.8 Å². The molecule has 2 fully saturated rings. The third kappa shape index (κ3) is 2.63. The molecule has 3 rings (SSSR count). The van der Waals surface area contributed by atoms with Crippen molar-refractivity contribution in [1.82, 2.24) is 10.6 Å². The molecule has 1 aromatic carbocycles. The normalized spacial score (nSPS) is 30.0. The zero-order valence-electron chi connectivity index (χ0n) is 11.7. The van der Waals surface area contributed by atoms with Gasteiger partial charge in [-0.25, -0.2) is 0 Å². The fourth-order valence-corrected chi connectivity index (χ4v) is 4.31. The Morgan fingerprint density at radius 2 is 2.20 bits per heavy atom. The van der Waals surface area contributed by atoms with Crippen LogP contribution in [-0.4, -0.2) is 18.5 Å². The molecule has 1 aliphatic carbocycles. The average molecular weight is 337 g/mol. The number of nitrogens with one attached hydrogen (secondary N) is 2. The summed E-state index contributed by atoms with van der Waals surface area (Å²) >= 11 is 3.55. The molecule has 1 saturated heterocycles. The van der Waals surface area contributed by atoms with E-state index >= 15 is 0 Å². The maximum Gasteiger partial charge on any atom is 0.237 e. The van der Waals surface area contributed by atoms with E-state index in [2.05, 4.69) is 32.6 Å². The summed E-state index contributed by atoms with van der Waals surface area (Å²) in [4.78, 5) is 12.5. The number of amides is 1. The van der Waals surface area contributed by atoms with Crippen molar-refractivity contribution in [2.24, 2.45) is 11.8 Å². The fourth-order valence-electron chi connectivity index (χ4n) is 3.68. The van der Waals surface area contributed by atoms with Gasteiger partial charge in [-0.05, 0) is 49.8 Å². The predicted molar refractivity (Wildman–Crippen MR) is 83.3 cm³/mol. The molecule has 1 aromatic rings. The number of benzene rings is 1. The largest absolute Gasteiger partial charge is 0.348 e. The molecule has 4 heteroatoms. The lowest BCUT2D eigenvalue weighted by molar-refractivity contribution is -0.124. The molecule has 3 nitrogen and oxygen atoms in total. The van der Waals surface area contributed by atoms with Crippen LogP contribution >= 0.6 is 15.9 Å². The zero-order chi connectivity index (χ0) is 14.1. The predicted octanol–water partition coefficient (Wildman–Crippen LogP) is 3.01. The number of fused-ring (bicyclic) bond motifs is 1. The second-order valence-electron chi connectivity index (χ2n) is 5.99. The molecular weight excluding hydrogens is 316 g/mol. The minimum Gasteiger partial charge on any atom is -0.348 e. The van der Waals surface area contributed by atoms with Crippen molar-refractivity contribution < 1.29 is 4.79 Å². The third-order valence-electron chi connectivity index (χ3n) is 4.76. The SMILES string of the molecule is C[C@@H](NC(=O)C1NCC2CCCC21)c1ccccc1Br. The summed E-state index contributed by atoms with van der Waals surface area (Å²) in [6.45, 7) is 3.05. The monoisotopic (exact) mass is 336 g/mol. The summed E-state index contributed by atoms with van der Waals surface area (Å²) in [5, 5.41) is 6.57. The molecule has 0 bridgehead atoms. The summed E-state index contributed by atoms with van der Waals surface area (Å²) in [6.07, 6.45) is 3.75. The number of halogens is 1. The van der Waals surface area contributed by atoms with Gasteiger partial charge in [0.05, 0.1) is 12.1 Å². The molecule has 1 aliphatic heterocycles. The molecule has 2 N–H and O–H groups in total. The van der Waals surface area contributed by atoms with Crippen LogP contribution in [0.4, 0.5) is 0 Å². The van der Waals surface area contributed by atoms with Gasteiger partial charge in [0.2, 0.25) is 5.91 Å². The topological polar surface area (TPSA) is 41.1 Å². The smallest absolute Gasteiger partial charge is 0.237 e. The van der Waals surface area contributed by atoms with Crippen molar-refractivity contribution in [2.45, 2.75) is 38.3 Å². The van der Waals surface area contributed by atoms with E-state index in [-0.39, 0.29) is 18.0 Å². The second-order valence-corrected chi connectivity index (χ2v) is 6.85. The van der Waals surface area contributed by atoms with Crippen LogP contribution in [0.5, 0.6) is 0 Å². The first-order valence-corrected chi connectivity index (χ1v) is 8.24. The lowest BCUT2D eigenvalue weighted by Gasteiger charge is -2.22. The molecule has 2 aliphatic rings. The van der Waals surface area contributed by atoms with Crippen LogP contribution in [0.2, 0.25) is 0 Å². The third-order valence-corrected chi connectivity index (χ3v) is 5.48. The number of hydrogen-bond donors (Lipinski definition) is 2. The van der Waals surface area contributed by atoms with E-state index in [0.29, 0.717) is 11.8 Å². The van der Waals surface area contributed by atoms with Crippen molar-refractivity contribution in [3.63, 3.8) is 0 Å². The Labute approximate surface area is 128 Å². The minimum absolute atomic E-state index is 0.00689. The van der Waals surface area contributed by atoms with Gasteiger partial charge < -0.3 is 10.6 Å². The Hall–Kier alpha value is -0.870. The Morgan fingerprint density at radius 1 is 1.40 bits per heavy atom. The van der Waals surface area contributed by atoms with Crippen molar-refractivity contribution in [3.05, 3.63) is 34.3 Å². The highest BCUT2D eigenvalue weighted by Gasteiger charge is 2.42. The van der Waals surface area contributed by atoms with Crippen LogP contribution in [0.25, 0.3) is 0 Å². The van der Waals surface area contributed by atoms with Crippen molar-refractivity contribution in [3.8, 4) is 0 Å². The molecule has 0 radical (unpaired) electrons. The van der Waals surface area contributed by atoms with E-state index in [4.69, 9.17) is 0 Å². The van der Waals surface area contributed by atoms with E-state index in [9.17, 15) is 4.79 Å². The zero-order valence-corrected chi connectivity index (χ0v) is 13.3. The summed E-state index contributed by atoms with van der Waals surface area (Å²) in [7, 11) is 0. The van der Waals surface area contributed by atoms with Gasteiger partial charge in [0.15, 0.2) is 0 Å². The lowest BCUT2D eigenvalue weighted by Crippen LogP contribution is -2.44. The first-order valence-electron chi connectivity index (χ1n) is 7.45. The lowest BCUT2D eigenvalue weighted by atomic mass is 9.93. The van der Waals surface area contributed by atoms with Gasteiger partial charge in [-0.2, -0.15) is 0 Å².